The van der Waals surface area contributed by atoms with Crippen LogP contribution in [0.1, 0.15) is 12.5 Å². The molecule has 0 aliphatic carbocycles. The Morgan fingerprint density at radius 1 is 1.25 bits per heavy atom. The second-order valence-corrected chi connectivity index (χ2v) is 6.15. The van der Waals surface area contributed by atoms with Gasteiger partial charge in [-0.05, 0) is 25.0 Å². The number of anilines is 1. The molecule has 2 aliphatic rings. The molecule has 1 unspecified atom stereocenters. The number of hydrogen-bond acceptors (Lipinski definition) is 5. The number of carbonyl (C=O) groups is 2. The summed E-state index contributed by atoms with van der Waals surface area (Å²) in [6.07, 6.45) is 0.714. The Morgan fingerprint density at radius 3 is 2.75 bits per heavy atom. The molecule has 0 radical (unpaired) electrons. The fourth-order valence-corrected chi connectivity index (χ4v) is 3.41. The Labute approximate surface area is 142 Å². The molecule has 1 amide bonds. The number of hydrogen-bond donors (Lipinski definition) is 0. The van der Waals surface area contributed by atoms with Crippen LogP contribution in [-0.2, 0) is 25.5 Å². The van der Waals surface area contributed by atoms with Crippen LogP contribution < -0.4 is 4.90 Å². The second kappa shape index (κ2) is 7.66. The third kappa shape index (κ3) is 3.70. The molecule has 1 fully saturated rings. The van der Waals surface area contributed by atoms with Crippen molar-refractivity contribution in [1.82, 2.24) is 4.90 Å². The second-order valence-electron chi connectivity index (χ2n) is 6.15. The average Bonchev–Trinajstić information content (AvgIpc) is 2.62. The van der Waals surface area contributed by atoms with Gasteiger partial charge in [-0.2, -0.15) is 0 Å². The predicted octanol–water partition coefficient (Wildman–Crippen LogP) is 1.09. The average molecular weight is 332 g/mol. The lowest BCUT2D eigenvalue weighted by Gasteiger charge is -2.37. The van der Waals surface area contributed by atoms with Gasteiger partial charge >= 0.3 is 5.97 Å². The van der Waals surface area contributed by atoms with E-state index in [2.05, 4.69) is 0 Å². The van der Waals surface area contributed by atoms with E-state index in [1.54, 1.807) is 6.92 Å². The molecule has 6 heteroatoms. The number of nitrogens with zero attached hydrogens (tertiary/aromatic N) is 2. The van der Waals surface area contributed by atoms with Crippen molar-refractivity contribution in [2.75, 3.05) is 50.9 Å². The van der Waals surface area contributed by atoms with E-state index in [4.69, 9.17) is 9.47 Å². The van der Waals surface area contributed by atoms with Crippen LogP contribution in [0, 0.1) is 5.92 Å². The molecule has 0 aromatic heterocycles. The molecule has 6 nitrogen and oxygen atoms in total. The molecule has 1 saturated heterocycles. The van der Waals surface area contributed by atoms with Crippen LogP contribution in [-0.4, -0.2) is 62.8 Å². The van der Waals surface area contributed by atoms with Crippen LogP contribution in [0.25, 0.3) is 0 Å². The maximum absolute atomic E-state index is 12.8. The first kappa shape index (κ1) is 16.8. The zero-order valence-electron chi connectivity index (χ0n) is 14.1. The van der Waals surface area contributed by atoms with Crippen LogP contribution in [0.4, 0.5) is 5.69 Å². The van der Waals surface area contributed by atoms with Gasteiger partial charge in [0, 0.05) is 25.3 Å². The van der Waals surface area contributed by atoms with Gasteiger partial charge in [-0.25, -0.2) is 0 Å². The van der Waals surface area contributed by atoms with Gasteiger partial charge in [-0.1, -0.05) is 18.2 Å². The van der Waals surface area contributed by atoms with Crippen molar-refractivity contribution in [2.45, 2.75) is 13.3 Å². The van der Waals surface area contributed by atoms with Gasteiger partial charge in [0.1, 0.15) is 6.54 Å². The summed E-state index contributed by atoms with van der Waals surface area (Å²) in [6.45, 7) is 5.38. The third-order valence-electron chi connectivity index (χ3n) is 4.54. The van der Waals surface area contributed by atoms with Gasteiger partial charge in [-0.3, -0.25) is 9.59 Å². The van der Waals surface area contributed by atoms with Gasteiger partial charge in [0.15, 0.2) is 0 Å². The van der Waals surface area contributed by atoms with Crippen LogP contribution in [0.2, 0.25) is 0 Å². The van der Waals surface area contributed by atoms with Crippen LogP contribution in [0.5, 0.6) is 0 Å². The van der Waals surface area contributed by atoms with Crippen LogP contribution >= 0.6 is 0 Å². The third-order valence-corrected chi connectivity index (χ3v) is 4.54. The van der Waals surface area contributed by atoms with Crippen molar-refractivity contribution in [3.05, 3.63) is 29.8 Å². The molecule has 130 valence electrons. The highest BCUT2D eigenvalue weighted by atomic mass is 16.5. The molecule has 2 heterocycles. The lowest BCUT2D eigenvalue weighted by molar-refractivity contribution is -0.142. The summed E-state index contributed by atoms with van der Waals surface area (Å²) >= 11 is 0. The number of benzene rings is 1. The molecular weight excluding hydrogens is 308 g/mol. The van der Waals surface area contributed by atoms with E-state index < -0.39 is 0 Å². The molecular formula is C18H24N2O4. The number of amides is 1. The fourth-order valence-electron chi connectivity index (χ4n) is 3.41. The number of para-hydroxylation sites is 1. The summed E-state index contributed by atoms with van der Waals surface area (Å²) in [6, 6.07) is 7.97. The first-order chi connectivity index (χ1) is 11.7. The molecule has 1 aromatic rings. The minimum absolute atomic E-state index is 0.132. The molecule has 3 rings (SSSR count). The molecule has 1 aromatic carbocycles. The molecule has 24 heavy (non-hydrogen) atoms. The first-order valence-corrected chi connectivity index (χ1v) is 8.54. The lowest BCUT2D eigenvalue weighted by atomic mass is 9.91. The topological polar surface area (TPSA) is 59.1 Å². The molecule has 1 atom stereocenters. The molecule has 0 saturated carbocycles. The first-order valence-electron chi connectivity index (χ1n) is 8.54. The number of morpholine rings is 1. The Balaban J connectivity index is 1.76. The summed E-state index contributed by atoms with van der Waals surface area (Å²) in [4.78, 5) is 28.6. The Bertz CT molecular complexity index is 598. The van der Waals surface area contributed by atoms with Crippen molar-refractivity contribution in [2.24, 2.45) is 5.92 Å². The van der Waals surface area contributed by atoms with E-state index in [0.29, 0.717) is 45.9 Å². The maximum Gasteiger partial charge on any atom is 0.325 e. The van der Waals surface area contributed by atoms with Crippen LogP contribution in [0.15, 0.2) is 24.3 Å². The van der Waals surface area contributed by atoms with Crippen molar-refractivity contribution < 1.29 is 19.1 Å². The Hall–Kier alpha value is -2.08. The van der Waals surface area contributed by atoms with Gasteiger partial charge in [-0.15, -0.1) is 0 Å². The van der Waals surface area contributed by atoms with E-state index in [-0.39, 0.29) is 24.3 Å². The quantitative estimate of drug-likeness (QED) is 0.773. The van der Waals surface area contributed by atoms with E-state index in [9.17, 15) is 9.59 Å². The van der Waals surface area contributed by atoms with Crippen molar-refractivity contribution in [3.63, 3.8) is 0 Å². The highest BCUT2D eigenvalue weighted by Crippen LogP contribution is 2.30. The number of fused-ring (bicyclic) bond motifs is 1. The molecule has 0 spiro atoms. The van der Waals surface area contributed by atoms with E-state index in [1.165, 1.54) is 0 Å². The zero-order valence-corrected chi connectivity index (χ0v) is 14.1. The van der Waals surface area contributed by atoms with Crippen molar-refractivity contribution >= 4 is 17.6 Å². The normalized spacial score (nSPS) is 20.5. The summed E-state index contributed by atoms with van der Waals surface area (Å²) in [5.41, 5.74) is 2.14. The zero-order chi connectivity index (χ0) is 16.9. The monoisotopic (exact) mass is 332 g/mol. The van der Waals surface area contributed by atoms with Gasteiger partial charge in [0.25, 0.3) is 0 Å². The number of rotatable bonds is 4. The standard InChI is InChI=1S/C18H24N2O4/c1-2-24-17(21)13-20-12-15(11-14-5-3-4-6-16(14)20)18(22)19-7-9-23-10-8-19/h3-6,15H,2,7-13H2,1H3. The van der Waals surface area contributed by atoms with Crippen LogP contribution in [0.3, 0.4) is 0 Å². The van der Waals surface area contributed by atoms with E-state index in [1.807, 2.05) is 34.1 Å². The Kier molecular flexibility index (Phi) is 5.35. The van der Waals surface area contributed by atoms with Gasteiger partial charge in [0.05, 0.1) is 25.7 Å². The fraction of sp³-hybridized carbons (Fsp3) is 0.556. The van der Waals surface area contributed by atoms with E-state index >= 15 is 0 Å². The maximum atomic E-state index is 12.8. The van der Waals surface area contributed by atoms with Crippen molar-refractivity contribution in [1.29, 1.82) is 0 Å². The lowest BCUT2D eigenvalue weighted by Crippen LogP contribution is -2.49. The SMILES string of the molecule is CCOC(=O)CN1CC(C(=O)N2CCOCC2)Cc2ccccc21. The molecule has 0 bridgehead atoms. The Morgan fingerprint density at radius 2 is 2.00 bits per heavy atom. The summed E-state index contributed by atoms with van der Waals surface area (Å²) < 4.78 is 10.4. The summed E-state index contributed by atoms with van der Waals surface area (Å²) in [5.74, 6) is -0.235. The highest BCUT2D eigenvalue weighted by molar-refractivity contribution is 5.83. The summed E-state index contributed by atoms with van der Waals surface area (Å²) in [7, 11) is 0. The molecule has 2 aliphatic heterocycles. The smallest absolute Gasteiger partial charge is 0.325 e. The van der Waals surface area contributed by atoms with Gasteiger partial charge in [0.2, 0.25) is 5.91 Å². The summed E-state index contributed by atoms with van der Waals surface area (Å²) in [5, 5.41) is 0. The van der Waals surface area contributed by atoms with Gasteiger partial charge < -0.3 is 19.3 Å². The van der Waals surface area contributed by atoms with Crippen molar-refractivity contribution in [3.8, 4) is 0 Å². The molecule has 0 N–H and O–H groups in total. The number of carbonyl (C=O) groups excluding carboxylic acids is 2. The highest BCUT2D eigenvalue weighted by Gasteiger charge is 2.33. The van der Waals surface area contributed by atoms with E-state index in [0.717, 1.165) is 11.3 Å². The minimum Gasteiger partial charge on any atom is -0.465 e. The largest absolute Gasteiger partial charge is 0.465 e. The predicted molar refractivity (Wildman–Crippen MR) is 89.9 cm³/mol. The number of ether oxygens (including phenoxy) is 2. The number of esters is 1. The minimum atomic E-state index is -0.258.